The Morgan fingerprint density at radius 2 is 2.00 bits per heavy atom. The summed E-state index contributed by atoms with van der Waals surface area (Å²) in [7, 11) is 3.15. The van der Waals surface area contributed by atoms with Crippen LogP contribution in [0.25, 0.3) is 11.2 Å². The highest BCUT2D eigenvalue weighted by Crippen LogP contribution is 2.26. The van der Waals surface area contributed by atoms with Gasteiger partial charge in [0.2, 0.25) is 0 Å². The summed E-state index contributed by atoms with van der Waals surface area (Å²) in [5.41, 5.74) is 0.437. The summed E-state index contributed by atoms with van der Waals surface area (Å²) in [5, 5.41) is 0.838. The summed E-state index contributed by atoms with van der Waals surface area (Å²) < 4.78 is 4.49. The molecule has 0 N–H and O–H groups in total. The van der Waals surface area contributed by atoms with Crippen molar-refractivity contribution in [2.24, 2.45) is 14.1 Å². The lowest BCUT2D eigenvalue weighted by atomic mass is 10.4. The van der Waals surface area contributed by atoms with Crippen molar-refractivity contribution < 1.29 is 0 Å². The highest BCUT2D eigenvalue weighted by molar-refractivity contribution is 7.99. The third-order valence-corrected chi connectivity index (χ3v) is 4.13. The van der Waals surface area contributed by atoms with Crippen LogP contribution in [0.15, 0.2) is 14.7 Å². The second-order valence-electron chi connectivity index (χ2n) is 4.13. The van der Waals surface area contributed by atoms with Gasteiger partial charge >= 0.3 is 5.69 Å². The Labute approximate surface area is 101 Å². The van der Waals surface area contributed by atoms with Crippen LogP contribution in [0.4, 0.5) is 0 Å². The van der Waals surface area contributed by atoms with Crippen LogP contribution in [-0.2, 0) is 20.6 Å². The molecule has 0 saturated carbocycles. The Hall–Kier alpha value is -1.50. The molecule has 90 valence electrons. The number of hydrogen-bond donors (Lipinski definition) is 0. The minimum atomic E-state index is -0.331. The lowest BCUT2D eigenvalue weighted by Gasteiger charge is -2.12. The van der Waals surface area contributed by atoms with Gasteiger partial charge in [0, 0.05) is 26.4 Å². The number of aromatic nitrogens is 4. The highest BCUT2D eigenvalue weighted by atomic mass is 32.2. The third kappa shape index (κ3) is 1.32. The molecule has 0 unspecified atom stereocenters. The summed E-state index contributed by atoms with van der Waals surface area (Å²) >= 11 is 1.63. The summed E-state index contributed by atoms with van der Waals surface area (Å²) in [6, 6.07) is 0. The van der Waals surface area contributed by atoms with Gasteiger partial charge in [0.1, 0.15) is 0 Å². The van der Waals surface area contributed by atoms with Crippen LogP contribution >= 0.6 is 11.8 Å². The van der Waals surface area contributed by atoms with Crippen LogP contribution in [0.5, 0.6) is 0 Å². The number of nitrogens with zero attached hydrogens (tertiary/aromatic N) is 4. The molecule has 2 aromatic rings. The van der Waals surface area contributed by atoms with Crippen LogP contribution in [-0.4, -0.2) is 24.4 Å². The molecule has 0 saturated heterocycles. The number of rotatable bonds is 0. The molecule has 3 heterocycles. The van der Waals surface area contributed by atoms with Gasteiger partial charge in [-0.2, -0.15) is 0 Å². The Balaban J connectivity index is 2.56. The molecule has 1 aliphatic heterocycles. The van der Waals surface area contributed by atoms with Gasteiger partial charge in [0.15, 0.2) is 16.3 Å². The van der Waals surface area contributed by atoms with Crippen molar-refractivity contribution in [1.82, 2.24) is 18.7 Å². The quantitative estimate of drug-likeness (QED) is 0.658. The average molecular weight is 252 g/mol. The number of hydrogen-bond acceptors (Lipinski definition) is 4. The fourth-order valence-electron chi connectivity index (χ4n) is 2.13. The lowest BCUT2D eigenvalue weighted by molar-refractivity contribution is 0.619. The molecular formula is C10H12N4O2S. The zero-order valence-electron chi connectivity index (χ0n) is 9.63. The lowest BCUT2D eigenvalue weighted by Crippen LogP contribution is -2.37. The molecule has 6 nitrogen and oxygen atoms in total. The fraction of sp³-hybridized carbons (Fsp3) is 0.500. The first-order valence-corrected chi connectivity index (χ1v) is 6.39. The molecule has 0 bridgehead atoms. The van der Waals surface area contributed by atoms with E-state index in [0.29, 0.717) is 11.2 Å². The maximum Gasteiger partial charge on any atom is 0.332 e. The molecule has 0 aromatic carbocycles. The van der Waals surface area contributed by atoms with Crippen LogP contribution in [0.3, 0.4) is 0 Å². The first-order valence-electron chi connectivity index (χ1n) is 5.40. The molecule has 3 rings (SSSR count). The average Bonchev–Trinajstić information content (AvgIpc) is 2.73. The standard InChI is InChI=1S/C10H12N4O2S/c1-12-7-6(8(15)13(2)10(12)16)14-4-3-5-17-9(14)11-7/h3-5H2,1-2H3. The molecule has 0 aliphatic carbocycles. The maximum absolute atomic E-state index is 12.1. The molecule has 0 fully saturated rings. The molecule has 0 spiro atoms. The topological polar surface area (TPSA) is 61.8 Å². The molecule has 0 radical (unpaired) electrons. The predicted molar refractivity (Wildman–Crippen MR) is 65.6 cm³/mol. The Bertz CT molecular complexity index is 724. The Morgan fingerprint density at radius 1 is 1.24 bits per heavy atom. The predicted octanol–water partition coefficient (Wildman–Crippen LogP) is -0.0705. The number of imidazole rings is 1. The summed E-state index contributed by atoms with van der Waals surface area (Å²) in [4.78, 5) is 28.3. The van der Waals surface area contributed by atoms with E-state index < -0.39 is 0 Å². The van der Waals surface area contributed by atoms with Gasteiger partial charge in [-0.15, -0.1) is 0 Å². The second-order valence-corrected chi connectivity index (χ2v) is 5.19. The molecule has 0 atom stereocenters. The minimum absolute atomic E-state index is 0.260. The van der Waals surface area contributed by atoms with E-state index in [1.54, 1.807) is 18.8 Å². The number of aryl methyl sites for hydroxylation is 2. The Morgan fingerprint density at radius 3 is 2.76 bits per heavy atom. The zero-order chi connectivity index (χ0) is 12.2. The van der Waals surface area contributed by atoms with Crippen LogP contribution in [0, 0.1) is 0 Å². The second kappa shape index (κ2) is 3.49. The van der Waals surface area contributed by atoms with E-state index in [2.05, 4.69) is 4.98 Å². The Kier molecular flexibility index (Phi) is 2.19. The van der Waals surface area contributed by atoms with Crippen LogP contribution in [0.2, 0.25) is 0 Å². The number of thioether (sulfide) groups is 1. The van der Waals surface area contributed by atoms with Crippen molar-refractivity contribution in [1.29, 1.82) is 0 Å². The van der Waals surface area contributed by atoms with E-state index in [4.69, 9.17) is 0 Å². The smallest absolute Gasteiger partial charge is 0.313 e. The highest BCUT2D eigenvalue weighted by Gasteiger charge is 2.20. The van der Waals surface area contributed by atoms with Crippen LogP contribution < -0.4 is 11.2 Å². The van der Waals surface area contributed by atoms with Gasteiger partial charge < -0.3 is 4.57 Å². The van der Waals surface area contributed by atoms with E-state index >= 15 is 0 Å². The minimum Gasteiger partial charge on any atom is -0.313 e. The van der Waals surface area contributed by atoms with E-state index in [0.717, 1.165) is 28.4 Å². The first kappa shape index (κ1) is 10.6. The van der Waals surface area contributed by atoms with Gasteiger partial charge in [-0.05, 0) is 6.42 Å². The number of fused-ring (bicyclic) bond motifs is 3. The van der Waals surface area contributed by atoms with Gasteiger partial charge in [0.25, 0.3) is 5.56 Å². The normalized spacial score (nSPS) is 15.2. The summed E-state index contributed by atoms with van der Waals surface area (Å²) in [6.07, 6.45) is 1.02. The fourth-order valence-corrected chi connectivity index (χ4v) is 3.08. The van der Waals surface area contributed by atoms with Crippen LogP contribution in [0.1, 0.15) is 6.42 Å². The van der Waals surface area contributed by atoms with Crippen molar-refractivity contribution in [3.05, 3.63) is 20.8 Å². The summed E-state index contributed by atoms with van der Waals surface area (Å²) in [6.45, 7) is 0.798. The van der Waals surface area contributed by atoms with E-state index in [9.17, 15) is 9.59 Å². The SMILES string of the molecule is Cn1c(=O)c2c(nc3n2CCCS3)n(C)c1=O. The molecule has 7 heteroatoms. The van der Waals surface area contributed by atoms with Crippen molar-refractivity contribution in [3.8, 4) is 0 Å². The maximum atomic E-state index is 12.1. The largest absolute Gasteiger partial charge is 0.332 e. The monoisotopic (exact) mass is 252 g/mol. The molecule has 2 aromatic heterocycles. The van der Waals surface area contributed by atoms with E-state index in [-0.39, 0.29) is 11.2 Å². The molecule has 1 aliphatic rings. The molecule has 0 amide bonds. The zero-order valence-corrected chi connectivity index (χ0v) is 10.5. The first-order chi connectivity index (χ1) is 8.11. The van der Waals surface area contributed by atoms with E-state index in [1.165, 1.54) is 11.6 Å². The van der Waals surface area contributed by atoms with Crippen molar-refractivity contribution in [3.63, 3.8) is 0 Å². The molecular weight excluding hydrogens is 240 g/mol. The van der Waals surface area contributed by atoms with E-state index in [1.807, 2.05) is 4.57 Å². The van der Waals surface area contributed by atoms with Crippen molar-refractivity contribution in [2.75, 3.05) is 5.75 Å². The van der Waals surface area contributed by atoms with Gasteiger partial charge in [0.05, 0.1) is 0 Å². The van der Waals surface area contributed by atoms with Crippen molar-refractivity contribution >= 4 is 22.9 Å². The summed E-state index contributed by atoms with van der Waals surface area (Å²) in [5.74, 6) is 1.01. The van der Waals surface area contributed by atoms with Gasteiger partial charge in [-0.3, -0.25) is 13.9 Å². The third-order valence-electron chi connectivity index (χ3n) is 3.07. The molecule has 17 heavy (non-hydrogen) atoms. The van der Waals surface area contributed by atoms with Gasteiger partial charge in [-0.1, -0.05) is 11.8 Å². The van der Waals surface area contributed by atoms with Crippen molar-refractivity contribution in [2.45, 2.75) is 18.1 Å². The van der Waals surface area contributed by atoms with Gasteiger partial charge in [-0.25, -0.2) is 9.78 Å².